The van der Waals surface area contributed by atoms with Gasteiger partial charge in [-0.2, -0.15) is 0 Å². The van der Waals surface area contributed by atoms with Crippen LogP contribution in [0.5, 0.6) is 5.75 Å². The van der Waals surface area contributed by atoms with Crippen molar-refractivity contribution in [3.63, 3.8) is 0 Å². The van der Waals surface area contributed by atoms with Crippen molar-refractivity contribution in [1.82, 2.24) is 5.32 Å². The van der Waals surface area contributed by atoms with Crippen LogP contribution in [0.25, 0.3) is 0 Å². The molecule has 0 aromatic heterocycles. The molecule has 26 heavy (non-hydrogen) atoms. The number of benzene rings is 2. The summed E-state index contributed by atoms with van der Waals surface area (Å²) in [6.07, 6.45) is 0.181. The van der Waals surface area contributed by atoms with Crippen LogP contribution in [0.15, 0.2) is 53.4 Å². The number of thioether (sulfide) groups is 1. The number of hydrogen-bond acceptors (Lipinski definition) is 4. The van der Waals surface area contributed by atoms with E-state index in [2.05, 4.69) is 5.32 Å². The second kappa shape index (κ2) is 9.87. The number of hydrogen-bond donors (Lipinski definition) is 2. The minimum atomic E-state index is -0.939. The lowest BCUT2D eigenvalue weighted by molar-refractivity contribution is -0.137. The van der Waals surface area contributed by atoms with Gasteiger partial charge in [-0.25, -0.2) is 0 Å². The monoisotopic (exact) mass is 373 g/mol. The topological polar surface area (TPSA) is 75.6 Å². The maximum absolute atomic E-state index is 12.3. The lowest BCUT2D eigenvalue weighted by Crippen LogP contribution is -2.30. The molecule has 2 aromatic carbocycles. The van der Waals surface area contributed by atoms with Gasteiger partial charge in [0.2, 0.25) is 5.91 Å². The first kappa shape index (κ1) is 19.8. The summed E-state index contributed by atoms with van der Waals surface area (Å²) in [7, 11) is 1.62. The smallest absolute Gasteiger partial charge is 0.305 e. The molecule has 2 rings (SSSR count). The summed E-state index contributed by atoms with van der Waals surface area (Å²) >= 11 is 1.58. The Bertz CT molecular complexity index is 746. The minimum absolute atomic E-state index is 0.137. The van der Waals surface area contributed by atoms with Crippen LogP contribution in [0.1, 0.15) is 30.0 Å². The van der Waals surface area contributed by atoms with Gasteiger partial charge in [0.1, 0.15) is 5.75 Å². The molecule has 0 bridgehead atoms. The van der Waals surface area contributed by atoms with Gasteiger partial charge in [0.15, 0.2) is 0 Å². The molecule has 1 amide bonds. The zero-order valence-corrected chi connectivity index (χ0v) is 15.7. The van der Waals surface area contributed by atoms with Gasteiger partial charge in [-0.05, 0) is 42.3 Å². The second-order valence-corrected chi connectivity index (χ2v) is 7.02. The molecule has 0 radical (unpaired) electrons. The van der Waals surface area contributed by atoms with Crippen molar-refractivity contribution in [2.24, 2.45) is 0 Å². The highest BCUT2D eigenvalue weighted by Gasteiger charge is 2.19. The van der Waals surface area contributed by atoms with Gasteiger partial charge >= 0.3 is 5.97 Å². The first-order valence-electron chi connectivity index (χ1n) is 8.33. The highest BCUT2D eigenvalue weighted by molar-refractivity contribution is 7.99. The van der Waals surface area contributed by atoms with E-state index >= 15 is 0 Å². The first-order chi connectivity index (χ1) is 12.5. The Kier molecular flexibility index (Phi) is 7.53. The van der Waals surface area contributed by atoms with Gasteiger partial charge < -0.3 is 15.2 Å². The van der Waals surface area contributed by atoms with E-state index in [-0.39, 0.29) is 12.3 Å². The fraction of sp³-hybridized carbons (Fsp3) is 0.300. The molecule has 0 aliphatic heterocycles. The van der Waals surface area contributed by atoms with Crippen molar-refractivity contribution in [3.8, 4) is 5.75 Å². The van der Waals surface area contributed by atoms with Crippen molar-refractivity contribution in [2.45, 2.75) is 30.7 Å². The molecule has 0 aliphatic carbocycles. The molecule has 0 fully saturated rings. The van der Waals surface area contributed by atoms with E-state index in [4.69, 9.17) is 9.84 Å². The number of methoxy groups -OCH3 is 1. The fourth-order valence-electron chi connectivity index (χ4n) is 2.59. The summed E-state index contributed by atoms with van der Waals surface area (Å²) in [5.74, 6) is 0.319. The Morgan fingerprint density at radius 1 is 1.15 bits per heavy atom. The average Bonchev–Trinajstić information content (AvgIpc) is 2.62. The predicted molar refractivity (Wildman–Crippen MR) is 103 cm³/mol. The number of carbonyl (C=O) groups excluding carboxylic acids is 1. The van der Waals surface area contributed by atoms with Crippen LogP contribution in [0.4, 0.5) is 0 Å². The normalized spacial score (nSPS) is 11.6. The highest BCUT2D eigenvalue weighted by Crippen LogP contribution is 2.23. The van der Waals surface area contributed by atoms with Gasteiger partial charge in [-0.15, -0.1) is 11.8 Å². The molecule has 1 unspecified atom stereocenters. The second-order valence-electron chi connectivity index (χ2n) is 5.85. The number of carbonyl (C=O) groups is 2. The number of amides is 1. The Labute approximate surface area is 157 Å². The standard InChI is InChI=1S/C20H23NO4S/c1-14-5-3-4-6-17(14)18(13-20(23)24)21-19(22)11-12-26-16-9-7-15(25-2)8-10-16/h3-10,18H,11-13H2,1-2H3,(H,21,22)(H,23,24). The van der Waals surface area contributed by atoms with E-state index < -0.39 is 12.0 Å². The van der Waals surface area contributed by atoms with Gasteiger partial charge in [0, 0.05) is 17.1 Å². The lowest BCUT2D eigenvalue weighted by atomic mass is 9.98. The fourth-order valence-corrected chi connectivity index (χ4v) is 3.44. The molecule has 0 saturated heterocycles. The Hall–Kier alpha value is -2.47. The van der Waals surface area contributed by atoms with Crippen LogP contribution in [-0.4, -0.2) is 29.8 Å². The number of aryl methyl sites for hydroxylation is 1. The average molecular weight is 373 g/mol. The summed E-state index contributed by atoms with van der Waals surface area (Å²) in [6, 6.07) is 14.6. The van der Waals surface area contributed by atoms with Crippen molar-refractivity contribution < 1.29 is 19.4 Å². The quantitative estimate of drug-likeness (QED) is 0.654. The maximum Gasteiger partial charge on any atom is 0.305 e. The predicted octanol–water partition coefficient (Wildman–Crippen LogP) is 3.82. The molecular formula is C20H23NO4S. The zero-order chi connectivity index (χ0) is 18.9. The molecule has 0 aliphatic rings. The number of ether oxygens (including phenoxy) is 1. The zero-order valence-electron chi connectivity index (χ0n) is 14.9. The number of carboxylic acid groups (broad SMARTS) is 1. The molecule has 2 aromatic rings. The molecule has 0 saturated carbocycles. The van der Waals surface area contributed by atoms with Crippen LogP contribution >= 0.6 is 11.8 Å². The lowest BCUT2D eigenvalue weighted by Gasteiger charge is -2.19. The number of carboxylic acids is 1. The molecule has 2 N–H and O–H groups in total. The van der Waals surface area contributed by atoms with Crippen molar-refractivity contribution in [3.05, 3.63) is 59.7 Å². The summed E-state index contributed by atoms with van der Waals surface area (Å²) in [4.78, 5) is 24.5. The molecule has 1 atom stereocenters. The molecule has 138 valence electrons. The van der Waals surface area contributed by atoms with E-state index in [1.54, 1.807) is 18.9 Å². The van der Waals surface area contributed by atoms with Crippen LogP contribution in [-0.2, 0) is 9.59 Å². The van der Waals surface area contributed by atoms with Crippen molar-refractivity contribution in [1.29, 1.82) is 0 Å². The third-order valence-electron chi connectivity index (χ3n) is 3.94. The van der Waals surface area contributed by atoms with E-state index in [0.717, 1.165) is 21.8 Å². The van der Waals surface area contributed by atoms with Crippen molar-refractivity contribution in [2.75, 3.05) is 12.9 Å². The SMILES string of the molecule is COc1ccc(SCCC(=O)NC(CC(=O)O)c2ccccc2C)cc1. The number of aliphatic carboxylic acids is 1. The summed E-state index contributed by atoms with van der Waals surface area (Å²) in [6.45, 7) is 1.91. The molecule has 5 nitrogen and oxygen atoms in total. The van der Waals surface area contributed by atoms with E-state index in [0.29, 0.717) is 12.2 Å². The van der Waals surface area contributed by atoms with Crippen LogP contribution in [0.2, 0.25) is 0 Å². The molecular weight excluding hydrogens is 350 g/mol. The first-order valence-corrected chi connectivity index (χ1v) is 9.31. The largest absolute Gasteiger partial charge is 0.497 e. The van der Waals surface area contributed by atoms with Gasteiger partial charge in [0.25, 0.3) is 0 Å². The summed E-state index contributed by atoms with van der Waals surface area (Å²) in [5.41, 5.74) is 1.80. The van der Waals surface area contributed by atoms with Crippen LogP contribution in [0, 0.1) is 6.92 Å². The van der Waals surface area contributed by atoms with Gasteiger partial charge in [0.05, 0.1) is 19.6 Å². The summed E-state index contributed by atoms with van der Waals surface area (Å²) in [5, 5.41) is 12.0. The Morgan fingerprint density at radius 2 is 1.85 bits per heavy atom. The maximum atomic E-state index is 12.3. The number of rotatable bonds is 9. The van der Waals surface area contributed by atoms with E-state index in [1.807, 2.05) is 55.5 Å². The van der Waals surface area contributed by atoms with E-state index in [9.17, 15) is 9.59 Å². The molecule has 6 heteroatoms. The molecule has 0 spiro atoms. The van der Waals surface area contributed by atoms with Crippen molar-refractivity contribution >= 4 is 23.6 Å². The summed E-state index contributed by atoms with van der Waals surface area (Å²) < 4.78 is 5.12. The Balaban J connectivity index is 1.90. The molecule has 0 heterocycles. The number of nitrogens with one attached hydrogen (secondary N) is 1. The van der Waals surface area contributed by atoms with Gasteiger partial charge in [-0.1, -0.05) is 24.3 Å². The van der Waals surface area contributed by atoms with Crippen LogP contribution < -0.4 is 10.1 Å². The van der Waals surface area contributed by atoms with Crippen LogP contribution in [0.3, 0.4) is 0 Å². The Morgan fingerprint density at radius 3 is 2.46 bits per heavy atom. The van der Waals surface area contributed by atoms with Gasteiger partial charge in [-0.3, -0.25) is 9.59 Å². The third kappa shape index (κ3) is 6.11. The third-order valence-corrected chi connectivity index (χ3v) is 4.95. The highest BCUT2D eigenvalue weighted by atomic mass is 32.2. The minimum Gasteiger partial charge on any atom is -0.497 e. The van der Waals surface area contributed by atoms with E-state index in [1.165, 1.54) is 0 Å².